The molecular formula is C15H14N2O. The number of hydrogen-bond donors (Lipinski definition) is 1. The second-order valence-corrected chi connectivity index (χ2v) is 4.03. The molecule has 2 aromatic rings. The van der Waals surface area contributed by atoms with Crippen LogP contribution in [0.4, 0.5) is 0 Å². The number of benzene rings is 1. The van der Waals surface area contributed by atoms with Crippen molar-refractivity contribution in [1.82, 2.24) is 9.97 Å². The fraction of sp³-hybridized carbons (Fsp3) is 0.200. The number of hydrogen-bond acceptors (Lipinski definition) is 3. The molecule has 1 N–H and O–H groups in total. The van der Waals surface area contributed by atoms with Crippen molar-refractivity contribution < 1.29 is 5.11 Å². The van der Waals surface area contributed by atoms with Crippen molar-refractivity contribution in [1.29, 1.82) is 0 Å². The van der Waals surface area contributed by atoms with E-state index >= 15 is 0 Å². The second kappa shape index (κ2) is 5.44. The highest BCUT2D eigenvalue weighted by molar-refractivity contribution is 5.55. The normalized spacial score (nSPS) is 11.5. The van der Waals surface area contributed by atoms with Gasteiger partial charge >= 0.3 is 0 Å². The highest BCUT2D eigenvalue weighted by Crippen LogP contribution is 2.14. The molecule has 1 unspecified atom stereocenters. The fourth-order valence-electron chi connectivity index (χ4n) is 1.53. The van der Waals surface area contributed by atoms with E-state index < -0.39 is 6.10 Å². The van der Waals surface area contributed by atoms with Crippen LogP contribution >= 0.6 is 0 Å². The van der Waals surface area contributed by atoms with Gasteiger partial charge in [0.2, 0.25) is 0 Å². The van der Waals surface area contributed by atoms with Crippen molar-refractivity contribution >= 4 is 0 Å². The number of rotatable bonds is 1. The van der Waals surface area contributed by atoms with Crippen molar-refractivity contribution in [3.8, 4) is 23.2 Å². The Kier molecular flexibility index (Phi) is 3.71. The molecule has 0 fully saturated rings. The van der Waals surface area contributed by atoms with Gasteiger partial charge in [-0.15, -0.1) is 0 Å². The molecule has 3 heteroatoms. The van der Waals surface area contributed by atoms with E-state index in [4.69, 9.17) is 5.11 Å². The van der Waals surface area contributed by atoms with Gasteiger partial charge in [0.25, 0.3) is 0 Å². The third-order valence-electron chi connectivity index (χ3n) is 2.30. The topological polar surface area (TPSA) is 46.0 Å². The molecule has 0 aliphatic rings. The van der Waals surface area contributed by atoms with Crippen molar-refractivity contribution in [2.24, 2.45) is 0 Å². The van der Waals surface area contributed by atoms with Gasteiger partial charge in [-0.05, 0) is 25.8 Å². The molecule has 1 atom stereocenters. The smallest absolute Gasteiger partial charge is 0.160 e. The van der Waals surface area contributed by atoms with E-state index in [-0.39, 0.29) is 0 Å². The van der Waals surface area contributed by atoms with E-state index in [9.17, 15) is 0 Å². The molecule has 1 heterocycles. The zero-order valence-corrected chi connectivity index (χ0v) is 10.4. The SMILES string of the molecule is Cc1cc(C#CC(C)O)nc(-c2ccccc2)n1. The van der Waals surface area contributed by atoms with Gasteiger partial charge in [0.05, 0.1) is 0 Å². The Morgan fingerprint density at radius 3 is 2.56 bits per heavy atom. The first-order valence-corrected chi connectivity index (χ1v) is 5.76. The van der Waals surface area contributed by atoms with Crippen molar-refractivity contribution in [2.45, 2.75) is 20.0 Å². The molecule has 0 spiro atoms. The maximum atomic E-state index is 9.15. The van der Waals surface area contributed by atoms with Crippen LogP contribution in [0.2, 0.25) is 0 Å². The van der Waals surface area contributed by atoms with Crippen LogP contribution in [0, 0.1) is 18.8 Å². The molecule has 0 saturated heterocycles. The van der Waals surface area contributed by atoms with Crippen LogP contribution < -0.4 is 0 Å². The average Bonchev–Trinajstić information content (AvgIpc) is 2.37. The summed E-state index contributed by atoms with van der Waals surface area (Å²) in [5.74, 6) is 6.18. The van der Waals surface area contributed by atoms with Crippen LogP contribution in [0.5, 0.6) is 0 Å². The lowest BCUT2D eigenvalue weighted by Gasteiger charge is -2.02. The maximum absolute atomic E-state index is 9.15. The molecule has 0 aliphatic carbocycles. The van der Waals surface area contributed by atoms with Gasteiger partial charge in [-0.3, -0.25) is 0 Å². The van der Waals surface area contributed by atoms with E-state index in [0.29, 0.717) is 11.5 Å². The first-order chi connectivity index (χ1) is 8.65. The minimum absolute atomic E-state index is 0.627. The quantitative estimate of drug-likeness (QED) is 0.775. The fourth-order valence-corrected chi connectivity index (χ4v) is 1.53. The first kappa shape index (κ1) is 12.3. The van der Waals surface area contributed by atoms with Crippen LogP contribution in [-0.2, 0) is 0 Å². The molecule has 0 radical (unpaired) electrons. The molecule has 90 valence electrons. The summed E-state index contributed by atoms with van der Waals surface area (Å²) in [7, 11) is 0. The highest BCUT2D eigenvalue weighted by atomic mass is 16.3. The molecule has 0 aliphatic heterocycles. The minimum Gasteiger partial charge on any atom is -0.381 e. The van der Waals surface area contributed by atoms with Crippen molar-refractivity contribution in [2.75, 3.05) is 0 Å². The van der Waals surface area contributed by atoms with Gasteiger partial charge in [0.1, 0.15) is 11.8 Å². The Morgan fingerprint density at radius 1 is 1.17 bits per heavy atom. The van der Waals surface area contributed by atoms with Gasteiger partial charge in [0, 0.05) is 11.3 Å². The molecular weight excluding hydrogens is 224 g/mol. The third kappa shape index (κ3) is 3.16. The van der Waals surface area contributed by atoms with Crippen LogP contribution in [0.15, 0.2) is 36.4 Å². The predicted octanol–water partition coefficient (Wildman–Crippen LogP) is 2.18. The lowest BCUT2D eigenvalue weighted by Crippen LogP contribution is -1.97. The Balaban J connectivity index is 2.43. The number of aliphatic hydroxyl groups excluding tert-OH is 1. The molecule has 0 bridgehead atoms. The van der Waals surface area contributed by atoms with Crippen LogP contribution in [-0.4, -0.2) is 21.2 Å². The largest absolute Gasteiger partial charge is 0.381 e. The van der Waals surface area contributed by atoms with Gasteiger partial charge in [0.15, 0.2) is 5.82 Å². The summed E-state index contributed by atoms with van der Waals surface area (Å²) in [4.78, 5) is 8.77. The first-order valence-electron chi connectivity index (χ1n) is 5.76. The Labute approximate surface area is 107 Å². The summed E-state index contributed by atoms with van der Waals surface area (Å²) in [5, 5.41) is 9.15. The summed E-state index contributed by atoms with van der Waals surface area (Å²) < 4.78 is 0. The average molecular weight is 238 g/mol. The molecule has 0 saturated carbocycles. The number of aliphatic hydroxyl groups is 1. The summed E-state index contributed by atoms with van der Waals surface area (Å²) in [5.41, 5.74) is 2.45. The van der Waals surface area contributed by atoms with E-state index in [1.165, 1.54) is 0 Å². The van der Waals surface area contributed by atoms with Crippen LogP contribution in [0.3, 0.4) is 0 Å². The zero-order valence-electron chi connectivity index (χ0n) is 10.4. The van der Waals surface area contributed by atoms with Gasteiger partial charge in [-0.2, -0.15) is 0 Å². The minimum atomic E-state index is -0.652. The summed E-state index contributed by atoms with van der Waals surface area (Å²) in [6, 6.07) is 11.6. The highest BCUT2D eigenvalue weighted by Gasteiger charge is 2.03. The van der Waals surface area contributed by atoms with Crippen molar-refractivity contribution in [3.05, 3.63) is 47.8 Å². The number of aromatic nitrogens is 2. The molecule has 0 amide bonds. The van der Waals surface area contributed by atoms with E-state index in [1.54, 1.807) is 6.92 Å². The van der Waals surface area contributed by atoms with Crippen LogP contribution in [0.25, 0.3) is 11.4 Å². The third-order valence-corrected chi connectivity index (χ3v) is 2.30. The lowest BCUT2D eigenvalue weighted by atomic mass is 10.2. The van der Waals surface area contributed by atoms with Gasteiger partial charge in [-0.25, -0.2) is 9.97 Å². The second-order valence-electron chi connectivity index (χ2n) is 4.03. The monoisotopic (exact) mass is 238 g/mol. The van der Waals surface area contributed by atoms with Gasteiger partial charge < -0.3 is 5.11 Å². The van der Waals surface area contributed by atoms with Crippen LogP contribution in [0.1, 0.15) is 18.3 Å². The standard InChI is InChI=1S/C15H14N2O/c1-11-10-14(9-8-12(2)18)17-15(16-11)13-6-4-3-5-7-13/h3-7,10,12,18H,1-2H3. The Hall–Kier alpha value is -2.18. The van der Waals surface area contributed by atoms with E-state index in [1.807, 2.05) is 43.3 Å². The predicted molar refractivity (Wildman–Crippen MR) is 70.8 cm³/mol. The lowest BCUT2D eigenvalue weighted by molar-refractivity contribution is 0.253. The summed E-state index contributed by atoms with van der Waals surface area (Å²) in [6.07, 6.45) is -0.652. The van der Waals surface area contributed by atoms with Gasteiger partial charge in [-0.1, -0.05) is 36.3 Å². The molecule has 1 aromatic carbocycles. The molecule has 2 rings (SSSR count). The summed E-state index contributed by atoms with van der Waals surface area (Å²) >= 11 is 0. The van der Waals surface area contributed by atoms with Crippen molar-refractivity contribution in [3.63, 3.8) is 0 Å². The van der Waals surface area contributed by atoms with E-state index in [2.05, 4.69) is 21.8 Å². The zero-order chi connectivity index (χ0) is 13.0. The number of nitrogens with zero attached hydrogens (tertiary/aromatic N) is 2. The summed E-state index contributed by atoms with van der Waals surface area (Å²) in [6.45, 7) is 3.53. The molecule has 18 heavy (non-hydrogen) atoms. The van der Waals surface area contributed by atoms with E-state index in [0.717, 1.165) is 11.3 Å². The number of aryl methyl sites for hydroxylation is 1. The Morgan fingerprint density at radius 2 is 1.89 bits per heavy atom. The maximum Gasteiger partial charge on any atom is 0.160 e. The molecule has 3 nitrogen and oxygen atoms in total. The molecule has 1 aromatic heterocycles. The Bertz CT molecular complexity index is 595.